The van der Waals surface area contributed by atoms with Crippen molar-refractivity contribution >= 4 is 5.69 Å². The molecule has 0 unspecified atom stereocenters. The van der Waals surface area contributed by atoms with Crippen molar-refractivity contribution in [2.75, 3.05) is 25.1 Å². The number of rotatable bonds is 4. The maximum Gasteiger partial charge on any atom is 0.0494 e. The van der Waals surface area contributed by atoms with Crippen LogP contribution in [0.5, 0.6) is 0 Å². The van der Waals surface area contributed by atoms with Gasteiger partial charge in [-0.2, -0.15) is 0 Å². The lowest BCUT2D eigenvalue weighted by atomic mass is 10.1. The first-order valence-corrected chi connectivity index (χ1v) is 7.12. The normalized spacial score (nSPS) is 25.1. The van der Waals surface area contributed by atoms with Gasteiger partial charge in [-0.3, -0.25) is 0 Å². The van der Waals surface area contributed by atoms with Gasteiger partial charge in [-0.05, 0) is 30.0 Å². The lowest BCUT2D eigenvalue weighted by Crippen LogP contribution is -2.26. The molecule has 2 aliphatic rings. The molecule has 102 valence electrons. The van der Waals surface area contributed by atoms with Gasteiger partial charge >= 0.3 is 0 Å². The summed E-state index contributed by atoms with van der Waals surface area (Å²) in [5, 5.41) is 12.7. The lowest BCUT2D eigenvalue weighted by molar-refractivity contribution is 0.246. The zero-order chi connectivity index (χ0) is 13.2. The quantitative estimate of drug-likeness (QED) is 0.807. The topological polar surface area (TPSA) is 35.5 Å². The monoisotopic (exact) mass is 258 g/mol. The Bertz CT molecular complexity index is 484. The van der Waals surface area contributed by atoms with E-state index in [4.69, 9.17) is 5.11 Å². The van der Waals surface area contributed by atoms with Crippen molar-refractivity contribution in [1.29, 1.82) is 0 Å². The summed E-state index contributed by atoms with van der Waals surface area (Å²) >= 11 is 0. The fourth-order valence-corrected chi connectivity index (χ4v) is 3.04. The molecule has 1 heterocycles. The summed E-state index contributed by atoms with van der Waals surface area (Å²) in [6, 6.07) is 7.19. The summed E-state index contributed by atoms with van der Waals surface area (Å²) < 4.78 is 0. The van der Waals surface area contributed by atoms with Crippen LogP contribution in [-0.2, 0) is 13.0 Å². The molecule has 2 N–H and O–H groups in total. The van der Waals surface area contributed by atoms with Crippen LogP contribution in [0.25, 0.3) is 0 Å². The minimum Gasteiger partial charge on any atom is -0.396 e. The average molecular weight is 258 g/mol. The molecule has 0 fully saturated rings. The highest BCUT2D eigenvalue weighted by atomic mass is 16.3. The van der Waals surface area contributed by atoms with Gasteiger partial charge in [-0.15, -0.1) is 0 Å². The van der Waals surface area contributed by atoms with Crippen LogP contribution in [0.1, 0.15) is 17.5 Å². The third-order valence-electron chi connectivity index (χ3n) is 4.25. The van der Waals surface area contributed by atoms with Crippen LogP contribution in [-0.4, -0.2) is 31.3 Å². The summed E-state index contributed by atoms with van der Waals surface area (Å²) in [4.78, 5) is 2.32. The number of nitrogens with one attached hydrogen (secondary N) is 1. The Morgan fingerprint density at radius 3 is 3.05 bits per heavy atom. The van der Waals surface area contributed by atoms with E-state index in [1.54, 1.807) is 0 Å². The van der Waals surface area contributed by atoms with Crippen molar-refractivity contribution in [2.45, 2.75) is 25.4 Å². The number of aliphatic hydroxyl groups excluding tert-OH is 1. The molecule has 0 spiro atoms. The molecular weight excluding hydrogens is 236 g/mol. The highest BCUT2D eigenvalue weighted by Gasteiger charge is 2.18. The zero-order valence-corrected chi connectivity index (χ0v) is 11.5. The predicted molar refractivity (Wildman–Crippen MR) is 78.4 cm³/mol. The molecule has 1 aromatic rings. The molecule has 2 atom stereocenters. The van der Waals surface area contributed by atoms with Crippen LogP contribution in [0.4, 0.5) is 5.69 Å². The Labute approximate surface area is 114 Å². The van der Waals surface area contributed by atoms with Gasteiger partial charge in [-0.25, -0.2) is 0 Å². The van der Waals surface area contributed by atoms with E-state index >= 15 is 0 Å². The molecule has 0 saturated heterocycles. The molecule has 0 aromatic heterocycles. The number of anilines is 1. The fraction of sp³-hybridized carbons (Fsp3) is 0.500. The van der Waals surface area contributed by atoms with Gasteiger partial charge in [-0.1, -0.05) is 24.3 Å². The lowest BCUT2D eigenvalue weighted by Gasteiger charge is -2.14. The first-order chi connectivity index (χ1) is 9.26. The third-order valence-corrected chi connectivity index (χ3v) is 4.25. The second-order valence-electron chi connectivity index (χ2n) is 5.69. The molecule has 0 saturated carbocycles. The predicted octanol–water partition coefficient (Wildman–Crippen LogP) is 1.71. The van der Waals surface area contributed by atoms with Crippen molar-refractivity contribution in [3.05, 3.63) is 41.5 Å². The summed E-state index contributed by atoms with van der Waals surface area (Å²) in [5.41, 5.74) is 4.21. The molecule has 0 radical (unpaired) electrons. The molecule has 19 heavy (non-hydrogen) atoms. The van der Waals surface area contributed by atoms with Crippen molar-refractivity contribution in [3.8, 4) is 0 Å². The van der Waals surface area contributed by atoms with Crippen molar-refractivity contribution < 1.29 is 5.11 Å². The Kier molecular flexibility index (Phi) is 3.58. The molecule has 0 bridgehead atoms. The van der Waals surface area contributed by atoms with Crippen LogP contribution in [0.15, 0.2) is 30.4 Å². The second kappa shape index (κ2) is 5.35. The molecule has 1 aromatic carbocycles. The molecule has 1 aliphatic carbocycles. The van der Waals surface area contributed by atoms with E-state index in [-0.39, 0.29) is 6.61 Å². The van der Waals surface area contributed by atoms with Crippen molar-refractivity contribution in [3.63, 3.8) is 0 Å². The van der Waals surface area contributed by atoms with Crippen LogP contribution in [0.3, 0.4) is 0 Å². The van der Waals surface area contributed by atoms with E-state index in [9.17, 15) is 0 Å². The molecule has 1 aliphatic heterocycles. The molecule has 3 heteroatoms. The smallest absolute Gasteiger partial charge is 0.0494 e. The Morgan fingerprint density at radius 2 is 2.26 bits per heavy atom. The summed E-state index contributed by atoms with van der Waals surface area (Å²) in [7, 11) is 2.15. The number of benzene rings is 1. The standard InChI is InChI=1S/C16H22N2O/c1-18-7-6-14-8-12(3-5-16(14)18)10-17-15-4-2-13(9-15)11-19/h2-5,8,13,15,17,19H,6-7,9-11H2,1H3/t13-,15+/m0/s1. The maximum absolute atomic E-state index is 9.12. The van der Waals surface area contributed by atoms with Gasteiger partial charge in [0.05, 0.1) is 0 Å². The molecule has 0 amide bonds. The van der Waals surface area contributed by atoms with E-state index in [0.717, 1.165) is 25.9 Å². The van der Waals surface area contributed by atoms with E-state index in [2.05, 4.69) is 47.6 Å². The Hall–Kier alpha value is -1.32. The fourth-order valence-electron chi connectivity index (χ4n) is 3.04. The van der Waals surface area contributed by atoms with E-state index < -0.39 is 0 Å². The number of aliphatic hydroxyl groups is 1. The van der Waals surface area contributed by atoms with Gasteiger partial charge in [0, 0.05) is 44.4 Å². The third kappa shape index (κ3) is 2.67. The first-order valence-electron chi connectivity index (χ1n) is 7.12. The summed E-state index contributed by atoms with van der Waals surface area (Å²) in [5.74, 6) is 0.339. The maximum atomic E-state index is 9.12. The van der Waals surface area contributed by atoms with Crippen LogP contribution < -0.4 is 10.2 Å². The highest BCUT2D eigenvalue weighted by molar-refractivity contribution is 5.58. The van der Waals surface area contributed by atoms with Gasteiger partial charge < -0.3 is 15.3 Å². The molecule has 3 nitrogen and oxygen atoms in total. The first kappa shape index (κ1) is 12.7. The zero-order valence-electron chi connectivity index (χ0n) is 11.5. The van der Waals surface area contributed by atoms with Crippen LogP contribution in [0, 0.1) is 5.92 Å². The highest BCUT2D eigenvalue weighted by Crippen LogP contribution is 2.27. The van der Waals surface area contributed by atoms with Crippen molar-refractivity contribution in [2.24, 2.45) is 5.92 Å². The number of nitrogens with zero attached hydrogens (tertiary/aromatic N) is 1. The number of hydrogen-bond acceptors (Lipinski definition) is 3. The average Bonchev–Trinajstić information content (AvgIpc) is 3.03. The number of fused-ring (bicyclic) bond motifs is 1. The van der Waals surface area contributed by atoms with E-state index in [1.807, 2.05) is 0 Å². The minimum atomic E-state index is 0.264. The van der Waals surface area contributed by atoms with E-state index in [1.165, 1.54) is 16.8 Å². The molecular formula is C16H22N2O. The number of hydrogen-bond donors (Lipinski definition) is 2. The van der Waals surface area contributed by atoms with Crippen molar-refractivity contribution in [1.82, 2.24) is 5.32 Å². The molecule has 3 rings (SSSR count). The SMILES string of the molecule is CN1CCc2cc(CN[C@@H]3C=C[C@H](CO)C3)ccc21. The van der Waals surface area contributed by atoms with Crippen LogP contribution >= 0.6 is 0 Å². The number of likely N-dealkylation sites (N-methyl/N-ethyl adjacent to an activating group) is 1. The van der Waals surface area contributed by atoms with E-state index in [0.29, 0.717) is 12.0 Å². The van der Waals surface area contributed by atoms with Gasteiger partial charge in [0.15, 0.2) is 0 Å². The minimum absolute atomic E-state index is 0.264. The summed E-state index contributed by atoms with van der Waals surface area (Å²) in [6.45, 7) is 2.31. The van der Waals surface area contributed by atoms with Gasteiger partial charge in [0.1, 0.15) is 0 Å². The Balaban J connectivity index is 1.58. The summed E-state index contributed by atoms with van der Waals surface area (Å²) in [6.07, 6.45) is 6.48. The van der Waals surface area contributed by atoms with Gasteiger partial charge in [0.2, 0.25) is 0 Å². The van der Waals surface area contributed by atoms with Gasteiger partial charge in [0.25, 0.3) is 0 Å². The van der Waals surface area contributed by atoms with Crippen LogP contribution in [0.2, 0.25) is 0 Å². The Morgan fingerprint density at radius 1 is 1.37 bits per heavy atom. The second-order valence-corrected chi connectivity index (χ2v) is 5.69. The largest absolute Gasteiger partial charge is 0.396 e.